The minimum atomic E-state index is -4.44. The highest BCUT2D eigenvalue weighted by molar-refractivity contribution is 9.10. The average Bonchev–Trinajstić information content (AvgIpc) is 2.86. The van der Waals surface area contributed by atoms with Crippen LogP contribution in [0.3, 0.4) is 0 Å². The van der Waals surface area contributed by atoms with Crippen molar-refractivity contribution in [3.63, 3.8) is 0 Å². The van der Waals surface area contributed by atoms with Gasteiger partial charge in [-0.25, -0.2) is 0 Å². The van der Waals surface area contributed by atoms with Crippen molar-refractivity contribution < 1.29 is 18.3 Å². The molecular weight excluding hydrogens is 337 g/mol. The fourth-order valence-corrected chi connectivity index (χ4v) is 2.27. The smallest absolute Gasteiger partial charge is 0.383 e. The van der Waals surface area contributed by atoms with Gasteiger partial charge in [-0.3, -0.25) is 4.68 Å². The van der Waals surface area contributed by atoms with Gasteiger partial charge < -0.3 is 5.11 Å². The Hall–Kier alpha value is -1.34. The molecule has 1 aromatic carbocycles. The monoisotopic (exact) mass is 348 g/mol. The minimum absolute atomic E-state index is 0.162. The number of nitrogens with zero attached hydrogens (tertiary/aromatic N) is 2. The normalized spacial score (nSPS) is 13.5. The highest BCUT2D eigenvalue weighted by Gasteiger charge is 2.31. The Morgan fingerprint density at radius 3 is 2.65 bits per heavy atom. The van der Waals surface area contributed by atoms with E-state index in [1.807, 2.05) is 6.92 Å². The zero-order valence-corrected chi connectivity index (χ0v) is 12.1. The van der Waals surface area contributed by atoms with E-state index in [-0.39, 0.29) is 5.56 Å². The lowest BCUT2D eigenvalue weighted by Gasteiger charge is -2.14. The van der Waals surface area contributed by atoms with Crippen molar-refractivity contribution in [1.82, 2.24) is 9.78 Å². The van der Waals surface area contributed by atoms with E-state index >= 15 is 0 Å². The summed E-state index contributed by atoms with van der Waals surface area (Å²) in [5.74, 6) is 0. The van der Waals surface area contributed by atoms with Crippen molar-refractivity contribution in [3.05, 3.63) is 51.8 Å². The second-order valence-corrected chi connectivity index (χ2v) is 5.12. The minimum Gasteiger partial charge on any atom is -0.383 e. The first kappa shape index (κ1) is 15.1. The van der Waals surface area contributed by atoms with Gasteiger partial charge in [0.2, 0.25) is 0 Å². The third-order valence-corrected chi connectivity index (χ3v) is 3.63. The van der Waals surface area contributed by atoms with Crippen molar-refractivity contribution in [3.8, 4) is 0 Å². The van der Waals surface area contributed by atoms with E-state index in [4.69, 9.17) is 0 Å². The largest absolute Gasteiger partial charge is 0.416 e. The van der Waals surface area contributed by atoms with Gasteiger partial charge in [-0.1, -0.05) is 15.9 Å². The van der Waals surface area contributed by atoms with Crippen LogP contribution >= 0.6 is 15.9 Å². The number of hydrogen-bond acceptors (Lipinski definition) is 2. The van der Waals surface area contributed by atoms with Crippen LogP contribution in [-0.4, -0.2) is 14.9 Å². The number of rotatable bonds is 3. The summed E-state index contributed by atoms with van der Waals surface area (Å²) in [5, 5.41) is 14.2. The zero-order chi connectivity index (χ0) is 14.9. The van der Waals surface area contributed by atoms with Crippen LogP contribution < -0.4 is 0 Å². The summed E-state index contributed by atoms with van der Waals surface area (Å²) in [5.41, 5.74) is -0.181. The molecule has 7 heteroatoms. The molecule has 2 rings (SSSR count). The number of alkyl halides is 3. The van der Waals surface area contributed by atoms with Crippen LogP contribution in [0.5, 0.6) is 0 Å². The molecule has 0 saturated heterocycles. The van der Waals surface area contributed by atoms with Gasteiger partial charge in [0, 0.05) is 22.8 Å². The molecule has 2 aromatic rings. The van der Waals surface area contributed by atoms with Gasteiger partial charge in [0.15, 0.2) is 0 Å². The van der Waals surface area contributed by atoms with Crippen molar-refractivity contribution >= 4 is 15.9 Å². The molecule has 0 aliphatic rings. The number of aliphatic hydroxyl groups excluding tert-OH is 1. The maximum Gasteiger partial charge on any atom is 0.416 e. The maximum absolute atomic E-state index is 12.7. The number of aromatic nitrogens is 2. The molecule has 108 valence electrons. The second-order valence-electron chi connectivity index (χ2n) is 4.27. The van der Waals surface area contributed by atoms with Gasteiger partial charge in [0.25, 0.3) is 0 Å². The van der Waals surface area contributed by atoms with Crippen molar-refractivity contribution in [2.75, 3.05) is 0 Å². The van der Waals surface area contributed by atoms with Gasteiger partial charge in [-0.15, -0.1) is 0 Å². The number of benzene rings is 1. The second kappa shape index (κ2) is 5.57. The molecule has 0 aliphatic carbocycles. The molecule has 3 nitrogen and oxygen atoms in total. The summed E-state index contributed by atoms with van der Waals surface area (Å²) < 4.78 is 40.1. The first-order valence-corrected chi connectivity index (χ1v) is 6.69. The lowest BCUT2D eigenvalue weighted by atomic mass is 10.0. The average molecular weight is 349 g/mol. The molecular formula is C13H12BrF3N2O. The van der Waals surface area contributed by atoms with Gasteiger partial charge in [0.05, 0.1) is 11.8 Å². The molecule has 0 saturated carbocycles. The third-order valence-electron chi connectivity index (χ3n) is 2.91. The molecule has 0 fully saturated rings. The molecule has 1 aromatic heterocycles. The Morgan fingerprint density at radius 2 is 2.10 bits per heavy atom. The van der Waals surface area contributed by atoms with Crippen LogP contribution in [-0.2, 0) is 12.7 Å². The van der Waals surface area contributed by atoms with Crippen LogP contribution in [0, 0.1) is 0 Å². The summed E-state index contributed by atoms with van der Waals surface area (Å²) >= 11 is 3.16. The fourth-order valence-electron chi connectivity index (χ4n) is 1.80. The molecule has 1 heterocycles. The highest BCUT2D eigenvalue weighted by atomic mass is 79.9. The first-order chi connectivity index (χ1) is 9.32. The predicted octanol–water partition coefficient (Wildman–Crippen LogP) is 3.77. The van der Waals surface area contributed by atoms with E-state index in [9.17, 15) is 18.3 Å². The molecule has 20 heavy (non-hydrogen) atoms. The van der Waals surface area contributed by atoms with Crippen molar-refractivity contribution in [1.29, 1.82) is 0 Å². The summed E-state index contributed by atoms with van der Waals surface area (Å²) in [7, 11) is 0. The van der Waals surface area contributed by atoms with Crippen LogP contribution in [0.15, 0.2) is 35.1 Å². The van der Waals surface area contributed by atoms with E-state index in [2.05, 4.69) is 21.0 Å². The molecule has 0 aliphatic heterocycles. The van der Waals surface area contributed by atoms with Gasteiger partial charge >= 0.3 is 6.18 Å². The lowest BCUT2D eigenvalue weighted by Crippen LogP contribution is -2.08. The molecule has 1 unspecified atom stereocenters. The van der Waals surface area contributed by atoms with E-state index in [0.717, 1.165) is 12.1 Å². The molecule has 0 amide bonds. The highest BCUT2D eigenvalue weighted by Crippen LogP contribution is 2.35. The predicted molar refractivity (Wildman–Crippen MR) is 71.1 cm³/mol. The van der Waals surface area contributed by atoms with E-state index in [1.54, 1.807) is 10.9 Å². The quantitative estimate of drug-likeness (QED) is 0.916. The summed E-state index contributed by atoms with van der Waals surface area (Å²) in [6.07, 6.45) is -2.55. The fraction of sp³-hybridized carbons (Fsp3) is 0.308. The maximum atomic E-state index is 12.7. The van der Waals surface area contributed by atoms with E-state index in [1.165, 1.54) is 12.3 Å². The number of halogens is 4. The Kier molecular flexibility index (Phi) is 4.19. The Labute approximate surface area is 122 Å². The van der Waals surface area contributed by atoms with Gasteiger partial charge in [0.1, 0.15) is 6.10 Å². The first-order valence-electron chi connectivity index (χ1n) is 5.90. The van der Waals surface area contributed by atoms with Crippen LogP contribution in [0.25, 0.3) is 0 Å². The molecule has 0 bridgehead atoms. The summed E-state index contributed by atoms with van der Waals surface area (Å²) in [4.78, 5) is 0. The van der Waals surface area contributed by atoms with Crippen molar-refractivity contribution in [2.45, 2.75) is 25.7 Å². The molecule has 0 radical (unpaired) electrons. The molecule has 1 N–H and O–H groups in total. The number of aryl methyl sites for hydroxylation is 1. The van der Waals surface area contributed by atoms with Gasteiger partial charge in [-0.05, 0) is 30.7 Å². The Bertz CT molecular complexity index is 610. The standard InChI is InChI=1S/C13H12BrF3N2O/c1-2-19-7-8(6-18-19)12(20)10-5-9(13(15,16)17)3-4-11(10)14/h3-7,12,20H,2H2,1H3. The molecule has 0 spiro atoms. The SMILES string of the molecule is CCn1cc(C(O)c2cc(C(F)(F)F)ccc2Br)cn1. The Balaban J connectivity index is 2.40. The Morgan fingerprint density at radius 1 is 1.40 bits per heavy atom. The van der Waals surface area contributed by atoms with E-state index in [0.29, 0.717) is 16.6 Å². The van der Waals surface area contributed by atoms with Crippen LogP contribution in [0.2, 0.25) is 0 Å². The van der Waals surface area contributed by atoms with Gasteiger partial charge in [-0.2, -0.15) is 18.3 Å². The van der Waals surface area contributed by atoms with E-state index < -0.39 is 17.8 Å². The topological polar surface area (TPSA) is 38.0 Å². The molecule has 1 atom stereocenters. The lowest BCUT2D eigenvalue weighted by molar-refractivity contribution is -0.137. The summed E-state index contributed by atoms with van der Waals surface area (Å²) in [6.45, 7) is 2.50. The van der Waals surface area contributed by atoms with Crippen LogP contribution in [0.4, 0.5) is 13.2 Å². The number of hydrogen-bond donors (Lipinski definition) is 1. The third kappa shape index (κ3) is 3.04. The number of aliphatic hydroxyl groups is 1. The van der Waals surface area contributed by atoms with Crippen molar-refractivity contribution in [2.24, 2.45) is 0 Å². The zero-order valence-electron chi connectivity index (χ0n) is 10.5. The van der Waals surface area contributed by atoms with Crippen LogP contribution in [0.1, 0.15) is 29.7 Å². The summed E-state index contributed by atoms with van der Waals surface area (Å²) in [6, 6.07) is 3.19.